The molecular formula is C12H14BrNO. The maximum absolute atomic E-state index is 11.5. The van der Waals surface area contributed by atoms with Gasteiger partial charge in [-0.25, -0.2) is 0 Å². The zero-order valence-corrected chi connectivity index (χ0v) is 10.3. The summed E-state index contributed by atoms with van der Waals surface area (Å²) in [4.78, 5) is 13.2. The number of rotatable bonds is 4. The summed E-state index contributed by atoms with van der Waals surface area (Å²) in [6.07, 6.45) is 2.01. The zero-order valence-electron chi connectivity index (χ0n) is 8.74. The Morgan fingerprint density at radius 3 is 2.80 bits per heavy atom. The molecule has 3 heteroatoms. The number of benzene rings is 1. The van der Waals surface area contributed by atoms with Gasteiger partial charge in [0.15, 0.2) is 0 Å². The molecule has 0 heterocycles. The molecule has 0 aliphatic heterocycles. The smallest absolute Gasteiger partial charge is 0.226 e. The minimum Gasteiger partial charge on any atom is -0.341 e. The van der Waals surface area contributed by atoms with Crippen molar-refractivity contribution in [3.05, 3.63) is 47.0 Å². The van der Waals surface area contributed by atoms with E-state index in [0.29, 0.717) is 13.0 Å². The monoisotopic (exact) mass is 267 g/mol. The molecule has 0 bridgehead atoms. The Bertz CT molecular complexity index is 362. The highest BCUT2D eigenvalue weighted by Crippen LogP contribution is 2.17. The number of halogens is 1. The van der Waals surface area contributed by atoms with E-state index in [0.717, 1.165) is 10.0 Å². The van der Waals surface area contributed by atoms with Crippen LogP contribution in [0.3, 0.4) is 0 Å². The molecule has 0 atom stereocenters. The molecule has 1 aromatic rings. The third kappa shape index (κ3) is 3.51. The number of nitrogens with zero attached hydrogens (tertiary/aromatic N) is 1. The van der Waals surface area contributed by atoms with Gasteiger partial charge in [0, 0.05) is 24.5 Å². The summed E-state index contributed by atoms with van der Waals surface area (Å²) in [5, 5.41) is 0. The predicted octanol–water partition coefficient (Wildman–Crippen LogP) is 2.98. The van der Waals surface area contributed by atoms with Gasteiger partial charge in [0.1, 0.15) is 0 Å². The Balaban J connectivity index is 2.66. The van der Waals surface area contributed by atoms with Crippen LogP contribution < -0.4 is 0 Å². The Kier molecular flexibility index (Phi) is 4.56. The van der Waals surface area contributed by atoms with Crippen LogP contribution in [0.1, 0.15) is 12.0 Å². The molecule has 2 nitrogen and oxygen atoms in total. The first kappa shape index (κ1) is 12.0. The molecule has 0 spiro atoms. The van der Waals surface area contributed by atoms with Gasteiger partial charge in [-0.2, -0.15) is 0 Å². The molecule has 0 aliphatic carbocycles. The van der Waals surface area contributed by atoms with Gasteiger partial charge in [0.05, 0.1) is 0 Å². The number of hydrogen-bond donors (Lipinski definition) is 0. The molecule has 1 amide bonds. The van der Waals surface area contributed by atoms with Crippen molar-refractivity contribution in [1.29, 1.82) is 0 Å². The van der Waals surface area contributed by atoms with Gasteiger partial charge in [-0.05, 0) is 11.6 Å². The molecule has 0 fully saturated rings. The van der Waals surface area contributed by atoms with Crippen LogP contribution in [-0.4, -0.2) is 17.9 Å². The van der Waals surface area contributed by atoms with Crippen LogP contribution in [-0.2, 0) is 11.3 Å². The maximum atomic E-state index is 11.5. The quantitative estimate of drug-likeness (QED) is 0.769. The normalized spacial score (nSPS) is 9.73. The number of carbonyl (C=O) groups is 1. The van der Waals surface area contributed by atoms with Crippen LogP contribution in [0, 0.1) is 0 Å². The SMILES string of the molecule is C=CCC(=O)N(C)Cc1ccccc1Br. The molecule has 0 N–H and O–H groups in total. The molecule has 0 saturated heterocycles. The lowest BCUT2D eigenvalue weighted by Crippen LogP contribution is -2.25. The van der Waals surface area contributed by atoms with Crippen molar-refractivity contribution in [3.63, 3.8) is 0 Å². The van der Waals surface area contributed by atoms with E-state index in [4.69, 9.17) is 0 Å². The largest absolute Gasteiger partial charge is 0.341 e. The minimum absolute atomic E-state index is 0.0840. The summed E-state index contributed by atoms with van der Waals surface area (Å²) in [6.45, 7) is 4.17. The van der Waals surface area contributed by atoms with Gasteiger partial charge in [-0.15, -0.1) is 6.58 Å². The van der Waals surface area contributed by atoms with Crippen LogP contribution in [0.15, 0.2) is 41.4 Å². The van der Waals surface area contributed by atoms with Crippen LogP contribution in [0.2, 0.25) is 0 Å². The van der Waals surface area contributed by atoms with Crippen LogP contribution >= 0.6 is 15.9 Å². The van der Waals surface area contributed by atoms with Gasteiger partial charge in [-0.3, -0.25) is 4.79 Å². The van der Waals surface area contributed by atoms with Crippen molar-refractivity contribution >= 4 is 21.8 Å². The first-order valence-corrected chi connectivity index (χ1v) is 5.52. The molecule has 0 aliphatic rings. The number of hydrogen-bond acceptors (Lipinski definition) is 1. The number of amides is 1. The van der Waals surface area contributed by atoms with Crippen LogP contribution in [0.25, 0.3) is 0 Å². The first-order chi connectivity index (χ1) is 7.15. The summed E-state index contributed by atoms with van der Waals surface area (Å²) in [7, 11) is 1.80. The predicted molar refractivity (Wildman–Crippen MR) is 65.4 cm³/mol. The lowest BCUT2D eigenvalue weighted by Gasteiger charge is -2.17. The van der Waals surface area contributed by atoms with E-state index < -0.39 is 0 Å². The second kappa shape index (κ2) is 5.71. The van der Waals surface area contributed by atoms with Crippen molar-refractivity contribution in [1.82, 2.24) is 4.90 Å². The Morgan fingerprint density at radius 2 is 2.20 bits per heavy atom. The van der Waals surface area contributed by atoms with Crippen molar-refractivity contribution < 1.29 is 4.79 Å². The molecular weight excluding hydrogens is 254 g/mol. The third-order valence-electron chi connectivity index (χ3n) is 2.11. The van der Waals surface area contributed by atoms with Crippen molar-refractivity contribution in [2.24, 2.45) is 0 Å². The van der Waals surface area contributed by atoms with E-state index >= 15 is 0 Å². The van der Waals surface area contributed by atoms with Gasteiger partial charge in [0.25, 0.3) is 0 Å². The zero-order chi connectivity index (χ0) is 11.3. The Hall–Kier alpha value is -1.09. The van der Waals surface area contributed by atoms with E-state index in [9.17, 15) is 4.79 Å². The van der Waals surface area contributed by atoms with E-state index in [1.807, 2.05) is 24.3 Å². The molecule has 1 aromatic carbocycles. The standard InChI is InChI=1S/C12H14BrNO/c1-3-6-12(15)14(2)9-10-7-4-5-8-11(10)13/h3-5,7-8H,1,6,9H2,2H3. The summed E-state index contributed by atoms with van der Waals surface area (Å²) in [5.74, 6) is 0.0840. The highest BCUT2D eigenvalue weighted by Gasteiger charge is 2.08. The average molecular weight is 268 g/mol. The van der Waals surface area contributed by atoms with Gasteiger partial charge < -0.3 is 4.90 Å². The summed E-state index contributed by atoms with van der Waals surface area (Å²) >= 11 is 3.45. The molecule has 0 saturated carbocycles. The van der Waals surface area contributed by atoms with Crippen LogP contribution in [0.4, 0.5) is 0 Å². The fourth-order valence-corrected chi connectivity index (χ4v) is 1.66. The lowest BCUT2D eigenvalue weighted by molar-refractivity contribution is -0.129. The second-order valence-electron chi connectivity index (χ2n) is 3.33. The van der Waals surface area contributed by atoms with Gasteiger partial charge in [0.2, 0.25) is 5.91 Å². The maximum Gasteiger partial charge on any atom is 0.226 e. The fraction of sp³-hybridized carbons (Fsp3) is 0.250. The van der Waals surface area contributed by atoms with E-state index in [1.165, 1.54) is 0 Å². The fourth-order valence-electron chi connectivity index (χ4n) is 1.25. The van der Waals surface area contributed by atoms with Crippen molar-refractivity contribution in [2.75, 3.05) is 7.05 Å². The highest BCUT2D eigenvalue weighted by atomic mass is 79.9. The lowest BCUT2D eigenvalue weighted by atomic mass is 10.2. The Morgan fingerprint density at radius 1 is 1.53 bits per heavy atom. The van der Waals surface area contributed by atoms with Gasteiger partial charge >= 0.3 is 0 Å². The Labute approximate surface area is 98.7 Å². The van der Waals surface area contributed by atoms with E-state index in [2.05, 4.69) is 22.5 Å². The summed E-state index contributed by atoms with van der Waals surface area (Å²) in [6, 6.07) is 7.90. The summed E-state index contributed by atoms with van der Waals surface area (Å²) in [5.41, 5.74) is 1.11. The third-order valence-corrected chi connectivity index (χ3v) is 2.88. The molecule has 15 heavy (non-hydrogen) atoms. The molecule has 0 radical (unpaired) electrons. The second-order valence-corrected chi connectivity index (χ2v) is 4.19. The molecule has 1 rings (SSSR count). The molecule has 0 unspecified atom stereocenters. The average Bonchev–Trinajstić information content (AvgIpc) is 2.21. The van der Waals surface area contributed by atoms with Crippen LogP contribution in [0.5, 0.6) is 0 Å². The van der Waals surface area contributed by atoms with E-state index in [1.54, 1.807) is 18.0 Å². The summed E-state index contributed by atoms with van der Waals surface area (Å²) < 4.78 is 1.03. The van der Waals surface area contributed by atoms with Gasteiger partial charge in [-0.1, -0.05) is 40.2 Å². The van der Waals surface area contributed by atoms with Crippen molar-refractivity contribution in [2.45, 2.75) is 13.0 Å². The first-order valence-electron chi connectivity index (χ1n) is 4.73. The topological polar surface area (TPSA) is 20.3 Å². The van der Waals surface area contributed by atoms with Crippen molar-refractivity contribution in [3.8, 4) is 0 Å². The minimum atomic E-state index is 0.0840. The highest BCUT2D eigenvalue weighted by molar-refractivity contribution is 9.10. The molecule has 0 aromatic heterocycles. The van der Waals surface area contributed by atoms with E-state index in [-0.39, 0.29) is 5.91 Å². The number of carbonyl (C=O) groups excluding carboxylic acids is 1. The molecule has 80 valence electrons.